The Hall–Kier alpha value is -3.91. The number of rotatable bonds is 9. The molecule has 2 unspecified atom stereocenters. The van der Waals surface area contributed by atoms with Crippen LogP contribution in [0.3, 0.4) is 0 Å². The zero-order valence-electron chi connectivity index (χ0n) is 24.5. The second-order valence-corrected chi connectivity index (χ2v) is 11.8. The Morgan fingerprint density at radius 3 is 2.17 bits per heavy atom. The molecule has 40 heavy (non-hydrogen) atoms. The number of carbonyl (C=O) groups excluding carboxylic acids is 1. The van der Waals surface area contributed by atoms with Gasteiger partial charge in [0.1, 0.15) is 23.2 Å². The molecular weight excluding hydrogens is 506 g/mol. The quantitative estimate of drug-likeness (QED) is 0.309. The summed E-state index contributed by atoms with van der Waals surface area (Å²) in [4.78, 5) is 31.4. The number of aliphatic carboxylic acids is 1. The van der Waals surface area contributed by atoms with E-state index < -0.39 is 35.2 Å². The minimum atomic E-state index is -1.21. The summed E-state index contributed by atoms with van der Waals surface area (Å²) in [6.07, 6.45) is -0.277. The van der Waals surface area contributed by atoms with Crippen LogP contribution in [0.1, 0.15) is 65.8 Å². The van der Waals surface area contributed by atoms with E-state index in [4.69, 9.17) is 15.2 Å². The lowest BCUT2D eigenvalue weighted by Gasteiger charge is -2.37. The van der Waals surface area contributed by atoms with Gasteiger partial charge in [0.2, 0.25) is 0 Å². The van der Waals surface area contributed by atoms with Crippen LogP contribution in [0.15, 0.2) is 66.7 Å². The molecule has 3 N–H and O–H groups in total. The molecule has 0 aliphatic rings. The smallest absolute Gasteiger partial charge is 0.416 e. The van der Waals surface area contributed by atoms with Crippen molar-refractivity contribution in [3.8, 4) is 16.9 Å². The summed E-state index contributed by atoms with van der Waals surface area (Å²) in [5.41, 5.74) is 8.63. The molecule has 0 aliphatic heterocycles. The number of hydrogen-bond acceptors (Lipinski definition) is 6. The standard InChI is InChI=1S/C32H41N3O5/c1-8-39-24-12-9-11-23(20-24)22-17-15-21(16-18-22)19-25(33)26-13-10-14-27(34-26)35(30(38)40-32(5,6)7)28(29(36)37)31(2,3)4/h9-18,20,25,28H,8,19,33H2,1-7H3,(H,36,37). The minimum Gasteiger partial charge on any atom is -0.494 e. The summed E-state index contributed by atoms with van der Waals surface area (Å²) in [6.45, 7) is 13.0. The van der Waals surface area contributed by atoms with E-state index in [1.807, 2.05) is 55.5 Å². The van der Waals surface area contributed by atoms with E-state index >= 15 is 0 Å². The third kappa shape index (κ3) is 8.05. The van der Waals surface area contributed by atoms with Crippen LogP contribution in [0.25, 0.3) is 11.1 Å². The lowest BCUT2D eigenvalue weighted by atomic mass is 9.85. The van der Waals surface area contributed by atoms with Crippen molar-refractivity contribution >= 4 is 17.9 Å². The van der Waals surface area contributed by atoms with Gasteiger partial charge in [-0.05, 0) is 80.5 Å². The van der Waals surface area contributed by atoms with E-state index in [9.17, 15) is 14.7 Å². The number of nitrogens with zero attached hydrogens (tertiary/aromatic N) is 2. The van der Waals surface area contributed by atoms with Gasteiger partial charge in [0.25, 0.3) is 0 Å². The summed E-state index contributed by atoms with van der Waals surface area (Å²) in [6, 6.07) is 19.5. The van der Waals surface area contributed by atoms with Crippen LogP contribution < -0.4 is 15.4 Å². The van der Waals surface area contributed by atoms with Crippen LogP contribution in [-0.4, -0.2) is 40.4 Å². The van der Waals surface area contributed by atoms with Crippen LogP contribution in [0.4, 0.5) is 10.6 Å². The zero-order valence-corrected chi connectivity index (χ0v) is 24.5. The molecule has 2 atom stereocenters. The monoisotopic (exact) mass is 547 g/mol. The Labute approximate surface area is 237 Å². The fraction of sp³-hybridized carbons (Fsp3) is 0.406. The van der Waals surface area contributed by atoms with Crippen molar-refractivity contribution < 1.29 is 24.2 Å². The first-order valence-electron chi connectivity index (χ1n) is 13.5. The molecule has 0 fully saturated rings. The van der Waals surface area contributed by atoms with E-state index in [0.717, 1.165) is 27.3 Å². The van der Waals surface area contributed by atoms with Gasteiger partial charge < -0.3 is 20.3 Å². The fourth-order valence-electron chi connectivity index (χ4n) is 4.41. The van der Waals surface area contributed by atoms with Gasteiger partial charge >= 0.3 is 12.1 Å². The normalized spacial score (nSPS) is 13.3. The van der Waals surface area contributed by atoms with Crippen molar-refractivity contribution in [1.29, 1.82) is 0 Å². The number of carbonyl (C=O) groups is 2. The maximum absolute atomic E-state index is 13.3. The number of carboxylic acid groups (broad SMARTS) is 1. The number of anilines is 1. The number of hydrogen-bond donors (Lipinski definition) is 2. The topological polar surface area (TPSA) is 115 Å². The summed E-state index contributed by atoms with van der Waals surface area (Å²) in [7, 11) is 0. The SMILES string of the molecule is CCOc1cccc(-c2ccc(CC(N)c3cccc(N(C(=O)OC(C)(C)C)C(C(=O)O)C(C)(C)C)n3)cc2)c1. The van der Waals surface area contributed by atoms with E-state index in [1.54, 1.807) is 59.7 Å². The number of carboxylic acids is 1. The van der Waals surface area contributed by atoms with Gasteiger partial charge in [0.05, 0.1) is 18.3 Å². The third-order valence-corrected chi connectivity index (χ3v) is 6.17. The summed E-state index contributed by atoms with van der Waals surface area (Å²) in [5.74, 6) is -0.148. The minimum absolute atomic E-state index is 0.175. The molecule has 0 saturated carbocycles. The highest BCUT2D eigenvalue weighted by Gasteiger charge is 2.42. The molecular formula is C32H41N3O5. The average molecular weight is 548 g/mol. The molecule has 0 saturated heterocycles. The first kappa shape index (κ1) is 30.6. The van der Waals surface area contributed by atoms with Crippen molar-refractivity contribution in [2.24, 2.45) is 11.1 Å². The van der Waals surface area contributed by atoms with Crippen LogP contribution in [-0.2, 0) is 16.0 Å². The van der Waals surface area contributed by atoms with Gasteiger partial charge in [-0.15, -0.1) is 0 Å². The number of pyridine rings is 1. The second kappa shape index (κ2) is 12.5. The Bertz CT molecular complexity index is 1310. The molecule has 0 spiro atoms. The summed E-state index contributed by atoms with van der Waals surface area (Å²) >= 11 is 0. The molecule has 1 heterocycles. The molecule has 3 rings (SSSR count). The molecule has 0 radical (unpaired) electrons. The fourth-order valence-corrected chi connectivity index (χ4v) is 4.41. The Balaban J connectivity index is 1.87. The molecule has 1 aromatic heterocycles. The number of ether oxygens (including phenoxy) is 2. The van der Waals surface area contributed by atoms with Crippen molar-refractivity contribution in [3.63, 3.8) is 0 Å². The van der Waals surface area contributed by atoms with Crippen molar-refractivity contribution in [3.05, 3.63) is 78.0 Å². The molecule has 3 aromatic rings. The number of nitrogens with two attached hydrogens (primary N) is 1. The second-order valence-electron chi connectivity index (χ2n) is 11.8. The molecule has 214 valence electrons. The first-order chi connectivity index (χ1) is 18.7. The Morgan fingerprint density at radius 1 is 0.950 bits per heavy atom. The molecule has 0 bridgehead atoms. The number of amides is 1. The lowest BCUT2D eigenvalue weighted by molar-refractivity contribution is -0.141. The highest BCUT2D eigenvalue weighted by Crippen LogP contribution is 2.31. The zero-order chi connectivity index (χ0) is 29.7. The first-order valence-corrected chi connectivity index (χ1v) is 13.5. The molecule has 0 aliphatic carbocycles. The van der Waals surface area contributed by atoms with E-state index in [2.05, 4.69) is 4.98 Å². The predicted molar refractivity (Wildman–Crippen MR) is 158 cm³/mol. The van der Waals surface area contributed by atoms with Gasteiger partial charge in [0.15, 0.2) is 0 Å². The highest BCUT2D eigenvalue weighted by atomic mass is 16.6. The van der Waals surface area contributed by atoms with Crippen LogP contribution in [0.2, 0.25) is 0 Å². The van der Waals surface area contributed by atoms with Crippen molar-refractivity contribution in [2.45, 2.75) is 72.6 Å². The molecule has 1 amide bonds. The van der Waals surface area contributed by atoms with E-state index in [0.29, 0.717) is 18.7 Å². The summed E-state index contributed by atoms with van der Waals surface area (Å²) in [5, 5.41) is 10.1. The average Bonchev–Trinajstić information content (AvgIpc) is 2.86. The molecule has 8 nitrogen and oxygen atoms in total. The van der Waals surface area contributed by atoms with Crippen LogP contribution in [0.5, 0.6) is 5.75 Å². The van der Waals surface area contributed by atoms with E-state index in [-0.39, 0.29) is 5.82 Å². The largest absolute Gasteiger partial charge is 0.494 e. The van der Waals surface area contributed by atoms with Gasteiger partial charge in [-0.3, -0.25) is 0 Å². The number of aromatic nitrogens is 1. The lowest BCUT2D eigenvalue weighted by Crippen LogP contribution is -2.54. The van der Waals surface area contributed by atoms with Gasteiger partial charge in [-0.2, -0.15) is 0 Å². The van der Waals surface area contributed by atoms with Gasteiger partial charge in [-0.1, -0.05) is 63.2 Å². The van der Waals surface area contributed by atoms with Crippen molar-refractivity contribution in [1.82, 2.24) is 4.98 Å². The maximum atomic E-state index is 13.3. The molecule has 2 aromatic carbocycles. The van der Waals surface area contributed by atoms with Gasteiger partial charge in [0, 0.05) is 0 Å². The Kier molecular flexibility index (Phi) is 9.58. The van der Waals surface area contributed by atoms with Gasteiger partial charge in [-0.25, -0.2) is 19.5 Å². The van der Waals surface area contributed by atoms with Crippen LogP contribution >= 0.6 is 0 Å². The Morgan fingerprint density at radius 2 is 1.60 bits per heavy atom. The van der Waals surface area contributed by atoms with E-state index in [1.165, 1.54) is 0 Å². The van der Waals surface area contributed by atoms with Crippen molar-refractivity contribution in [2.75, 3.05) is 11.5 Å². The number of benzene rings is 2. The highest BCUT2D eigenvalue weighted by molar-refractivity contribution is 5.95. The maximum Gasteiger partial charge on any atom is 0.416 e. The summed E-state index contributed by atoms with van der Waals surface area (Å²) < 4.78 is 11.2. The third-order valence-electron chi connectivity index (χ3n) is 6.17. The predicted octanol–water partition coefficient (Wildman–Crippen LogP) is 6.63. The van der Waals surface area contributed by atoms with Crippen LogP contribution in [0, 0.1) is 5.41 Å². The molecule has 8 heteroatoms.